The molecule has 84 valence electrons. The molecule has 0 aliphatic carbocycles. The number of benzene rings is 1. The molecule has 1 rings (SSSR count). The molecule has 0 unspecified atom stereocenters. The van der Waals surface area contributed by atoms with Crippen molar-refractivity contribution >= 4 is 21.6 Å². The fourth-order valence-electron chi connectivity index (χ4n) is 0.873. The highest BCUT2D eigenvalue weighted by atomic mass is 32.2. The molecule has 0 aliphatic rings. The second kappa shape index (κ2) is 3.95. The van der Waals surface area contributed by atoms with Crippen LogP contribution in [0.3, 0.4) is 0 Å². The number of nitrogens with two attached hydrogens (primary N) is 1. The Hall–Kier alpha value is -1.47. The van der Waals surface area contributed by atoms with Crippen LogP contribution >= 0.6 is 0 Å². The molecular weight excluding hydrogens is 218 g/mol. The van der Waals surface area contributed by atoms with Crippen LogP contribution in [0.25, 0.3) is 0 Å². The summed E-state index contributed by atoms with van der Waals surface area (Å²) in [7, 11) is -0.761. The first-order valence-electron chi connectivity index (χ1n) is 4.11. The van der Waals surface area contributed by atoms with Crippen LogP contribution in [0.1, 0.15) is 0 Å². The summed E-state index contributed by atoms with van der Waals surface area (Å²) < 4.78 is 26.2. The van der Waals surface area contributed by atoms with Crippen LogP contribution in [0.2, 0.25) is 0 Å². The molecule has 0 amide bonds. The first kappa shape index (κ1) is 11.6. The van der Waals surface area contributed by atoms with E-state index < -0.39 is 10.2 Å². The minimum atomic E-state index is -3.56. The second-order valence-electron chi connectivity index (χ2n) is 3.16. The number of hydrogen-bond donors (Lipinski definition) is 3. The molecule has 7 heteroatoms. The zero-order chi connectivity index (χ0) is 11.6. The lowest BCUT2D eigenvalue weighted by molar-refractivity contribution is 0.475. The number of anilines is 2. The van der Waals surface area contributed by atoms with Gasteiger partial charge in [0.1, 0.15) is 5.75 Å². The molecule has 0 fully saturated rings. The molecule has 15 heavy (non-hydrogen) atoms. The van der Waals surface area contributed by atoms with Crippen LogP contribution in [-0.2, 0) is 10.2 Å². The summed E-state index contributed by atoms with van der Waals surface area (Å²) in [5.41, 5.74) is 5.93. The third-order valence-electron chi connectivity index (χ3n) is 1.75. The van der Waals surface area contributed by atoms with Crippen LogP contribution in [0.4, 0.5) is 11.4 Å². The van der Waals surface area contributed by atoms with Gasteiger partial charge in [-0.15, -0.1) is 0 Å². The molecule has 0 aromatic heterocycles. The number of rotatable bonds is 3. The van der Waals surface area contributed by atoms with Crippen molar-refractivity contribution in [2.24, 2.45) is 0 Å². The largest absolute Gasteiger partial charge is 0.508 e. The standard InChI is InChI=1S/C8H13N3O3S/c1-11(2)15(13,14)10-8-4-3-6(12)5-7(8)9/h3-5,10,12H,9H2,1-2H3. The maximum Gasteiger partial charge on any atom is 0.301 e. The van der Waals surface area contributed by atoms with Crippen molar-refractivity contribution in [3.8, 4) is 5.75 Å². The smallest absolute Gasteiger partial charge is 0.301 e. The van der Waals surface area contributed by atoms with Gasteiger partial charge in [-0.3, -0.25) is 4.72 Å². The summed E-state index contributed by atoms with van der Waals surface area (Å²) in [5.74, 6) is -0.0136. The predicted octanol–water partition coefficient (Wildman–Crippen LogP) is 0.193. The molecule has 0 saturated carbocycles. The van der Waals surface area contributed by atoms with Gasteiger partial charge in [0.2, 0.25) is 0 Å². The Balaban J connectivity index is 3.01. The number of aromatic hydroxyl groups is 1. The highest BCUT2D eigenvalue weighted by molar-refractivity contribution is 7.90. The normalized spacial score (nSPS) is 11.7. The molecule has 0 heterocycles. The van der Waals surface area contributed by atoms with Crippen molar-refractivity contribution in [1.82, 2.24) is 4.31 Å². The fraction of sp³-hybridized carbons (Fsp3) is 0.250. The molecule has 1 aromatic rings. The monoisotopic (exact) mass is 231 g/mol. The summed E-state index contributed by atoms with van der Waals surface area (Å²) in [6.45, 7) is 0. The van der Waals surface area contributed by atoms with Gasteiger partial charge in [0.05, 0.1) is 11.4 Å². The zero-order valence-corrected chi connectivity index (χ0v) is 9.25. The van der Waals surface area contributed by atoms with Crippen LogP contribution in [-0.4, -0.2) is 31.9 Å². The maximum atomic E-state index is 11.4. The maximum absolute atomic E-state index is 11.4. The van der Waals surface area contributed by atoms with E-state index in [4.69, 9.17) is 10.8 Å². The molecule has 0 bridgehead atoms. The van der Waals surface area contributed by atoms with Crippen LogP contribution in [0.5, 0.6) is 5.75 Å². The van der Waals surface area contributed by atoms with Gasteiger partial charge in [-0.2, -0.15) is 12.7 Å². The molecule has 6 nitrogen and oxygen atoms in total. The molecule has 0 saturated heterocycles. The Kier molecular flexibility index (Phi) is 3.06. The van der Waals surface area contributed by atoms with Gasteiger partial charge in [0.25, 0.3) is 0 Å². The summed E-state index contributed by atoms with van der Waals surface area (Å²) in [6.07, 6.45) is 0. The van der Waals surface area contributed by atoms with Gasteiger partial charge in [0.15, 0.2) is 0 Å². The summed E-state index contributed by atoms with van der Waals surface area (Å²) in [5, 5.41) is 9.08. The van der Waals surface area contributed by atoms with E-state index in [0.29, 0.717) is 0 Å². The van der Waals surface area contributed by atoms with Crippen LogP contribution < -0.4 is 10.5 Å². The van der Waals surface area contributed by atoms with Crippen molar-refractivity contribution in [3.05, 3.63) is 18.2 Å². The first-order valence-corrected chi connectivity index (χ1v) is 5.55. The SMILES string of the molecule is CN(C)S(=O)(=O)Nc1ccc(O)cc1N. The Morgan fingerprint density at radius 2 is 2.00 bits per heavy atom. The first-order chi connectivity index (χ1) is 6.83. The van der Waals surface area contributed by atoms with Gasteiger partial charge in [0, 0.05) is 20.2 Å². The van der Waals surface area contributed by atoms with Crippen LogP contribution in [0.15, 0.2) is 18.2 Å². The Morgan fingerprint density at radius 1 is 1.40 bits per heavy atom. The summed E-state index contributed by atoms with van der Waals surface area (Å²) in [4.78, 5) is 0. The van der Waals surface area contributed by atoms with Crippen molar-refractivity contribution in [1.29, 1.82) is 0 Å². The van der Waals surface area contributed by atoms with Crippen molar-refractivity contribution < 1.29 is 13.5 Å². The van der Waals surface area contributed by atoms with E-state index in [0.717, 1.165) is 4.31 Å². The highest BCUT2D eigenvalue weighted by Crippen LogP contribution is 2.24. The van der Waals surface area contributed by atoms with E-state index in [1.807, 2.05) is 0 Å². The van der Waals surface area contributed by atoms with Crippen molar-refractivity contribution in [2.45, 2.75) is 0 Å². The topological polar surface area (TPSA) is 95.7 Å². The van der Waals surface area contributed by atoms with E-state index >= 15 is 0 Å². The van der Waals surface area contributed by atoms with Crippen LogP contribution in [0, 0.1) is 0 Å². The molecule has 0 atom stereocenters. The number of nitrogens with one attached hydrogen (secondary N) is 1. The van der Waals surface area contributed by atoms with Gasteiger partial charge in [-0.05, 0) is 12.1 Å². The van der Waals surface area contributed by atoms with Gasteiger partial charge in [-0.1, -0.05) is 0 Å². The fourth-order valence-corrected chi connectivity index (χ4v) is 1.52. The molecule has 0 aliphatic heterocycles. The number of nitrogen functional groups attached to an aromatic ring is 1. The van der Waals surface area contributed by atoms with E-state index in [1.54, 1.807) is 0 Å². The third-order valence-corrected chi connectivity index (χ3v) is 3.19. The Labute approximate surface area is 88.5 Å². The number of hydrogen-bond acceptors (Lipinski definition) is 4. The Morgan fingerprint density at radius 3 is 2.47 bits per heavy atom. The van der Waals surface area contributed by atoms with E-state index in [2.05, 4.69) is 4.72 Å². The molecule has 1 aromatic carbocycles. The highest BCUT2D eigenvalue weighted by Gasteiger charge is 2.14. The van der Waals surface area contributed by atoms with Gasteiger partial charge in [-0.25, -0.2) is 0 Å². The molecular formula is C8H13N3O3S. The lowest BCUT2D eigenvalue weighted by atomic mass is 10.2. The Bertz CT molecular complexity index is 456. The average molecular weight is 231 g/mol. The summed E-state index contributed by atoms with van der Waals surface area (Å²) >= 11 is 0. The summed E-state index contributed by atoms with van der Waals surface area (Å²) in [6, 6.07) is 4.02. The zero-order valence-electron chi connectivity index (χ0n) is 8.43. The van der Waals surface area contributed by atoms with Gasteiger partial charge < -0.3 is 10.8 Å². The van der Waals surface area contributed by atoms with Crippen molar-refractivity contribution in [2.75, 3.05) is 24.6 Å². The third kappa shape index (κ3) is 2.74. The number of phenolic OH excluding ortho intramolecular Hbond substituents is 1. The van der Waals surface area contributed by atoms with Gasteiger partial charge >= 0.3 is 10.2 Å². The molecule has 4 N–H and O–H groups in total. The second-order valence-corrected chi connectivity index (χ2v) is 5.05. The van der Waals surface area contributed by atoms with Crippen molar-refractivity contribution in [3.63, 3.8) is 0 Å². The molecule has 0 radical (unpaired) electrons. The quantitative estimate of drug-likeness (QED) is 0.511. The minimum Gasteiger partial charge on any atom is -0.508 e. The lowest BCUT2D eigenvalue weighted by Gasteiger charge is -2.14. The number of nitrogens with zero attached hydrogens (tertiary/aromatic N) is 1. The molecule has 0 spiro atoms. The van der Waals surface area contributed by atoms with E-state index in [1.165, 1.54) is 32.3 Å². The lowest BCUT2D eigenvalue weighted by Crippen LogP contribution is -2.29. The average Bonchev–Trinajstić information content (AvgIpc) is 2.09. The number of phenols is 1. The minimum absolute atomic E-state index is 0.0136. The predicted molar refractivity (Wildman–Crippen MR) is 58.7 cm³/mol. The van der Waals surface area contributed by atoms with E-state index in [9.17, 15) is 8.42 Å². The van der Waals surface area contributed by atoms with E-state index in [-0.39, 0.29) is 17.1 Å².